The minimum absolute atomic E-state index is 0.0238. The number of carboxylic acids is 1. The van der Waals surface area contributed by atoms with Crippen molar-refractivity contribution in [2.45, 2.75) is 26.7 Å². The highest BCUT2D eigenvalue weighted by Gasteiger charge is 2.20. The molecule has 0 aliphatic rings. The van der Waals surface area contributed by atoms with Gasteiger partial charge in [-0.1, -0.05) is 23.2 Å². The lowest BCUT2D eigenvalue weighted by molar-refractivity contribution is -0.137. The molecular formula is C20H18ClNO3. The number of fused-ring (bicyclic) bond motifs is 1. The van der Waals surface area contributed by atoms with Crippen molar-refractivity contribution in [3.63, 3.8) is 0 Å². The van der Waals surface area contributed by atoms with Gasteiger partial charge in [0.2, 0.25) is 0 Å². The molecule has 0 atom stereocenters. The van der Waals surface area contributed by atoms with E-state index in [9.17, 15) is 9.59 Å². The van der Waals surface area contributed by atoms with Gasteiger partial charge in [0, 0.05) is 21.7 Å². The SMILES string of the molecule is Cc1ccc2c(c1)c(C)c(CCC(=O)O)n2C(=O)c1ccc(Cl)cc1. The van der Waals surface area contributed by atoms with Crippen LogP contribution in [0.1, 0.15) is 33.6 Å². The van der Waals surface area contributed by atoms with Crippen molar-refractivity contribution < 1.29 is 14.7 Å². The van der Waals surface area contributed by atoms with Crippen LogP contribution in [0, 0.1) is 13.8 Å². The molecule has 0 saturated heterocycles. The summed E-state index contributed by atoms with van der Waals surface area (Å²) in [5.41, 5.74) is 4.09. The highest BCUT2D eigenvalue weighted by Crippen LogP contribution is 2.29. The number of halogens is 1. The Bertz CT molecular complexity index is 971. The van der Waals surface area contributed by atoms with Gasteiger partial charge in [-0.3, -0.25) is 14.2 Å². The van der Waals surface area contributed by atoms with E-state index in [1.807, 2.05) is 32.0 Å². The van der Waals surface area contributed by atoms with Crippen molar-refractivity contribution in [1.29, 1.82) is 0 Å². The fourth-order valence-corrected chi connectivity index (χ4v) is 3.22. The molecule has 3 rings (SSSR count). The van der Waals surface area contributed by atoms with Crippen molar-refractivity contribution in [1.82, 2.24) is 4.57 Å². The summed E-state index contributed by atoms with van der Waals surface area (Å²) in [5, 5.41) is 10.6. The maximum atomic E-state index is 13.1. The van der Waals surface area contributed by atoms with Crippen LogP contribution in [0.5, 0.6) is 0 Å². The number of carbonyl (C=O) groups is 2. The molecular weight excluding hydrogens is 338 g/mol. The highest BCUT2D eigenvalue weighted by molar-refractivity contribution is 6.30. The van der Waals surface area contributed by atoms with Crippen molar-refractivity contribution >= 4 is 34.4 Å². The van der Waals surface area contributed by atoms with E-state index in [4.69, 9.17) is 16.7 Å². The zero-order valence-electron chi connectivity index (χ0n) is 14.0. The molecule has 0 aliphatic heterocycles. The Morgan fingerprint density at radius 1 is 1.08 bits per heavy atom. The lowest BCUT2D eigenvalue weighted by Crippen LogP contribution is -2.16. The summed E-state index contributed by atoms with van der Waals surface area (Å²) in [5.74, 6) is -1.06. The smallest absolute Gasteiger partial charge is 0.303 e. The predicted octanol–water partition coefficient (Wildman–Crippen LogP) is 4.62. The Morgan fingerprint density at radius 3 is 2.40 bits per heavy atom. The minimum atomic E-state index is -0.883. The number of nitrogens with zero attached hydrogens (tertiary/aromatic N) is 1. The van der Waals surface area contributed by atoms with Crippen LogP contribution in [-0.2, 0) is 11.2 Å². The second-order valence-electron chi connectivity index (χ2n) is 6.13. The Kier molecular flexibility index (Phi) is 4.64. The van der Waals surface area contributed by atoms with Crippen LogP contribution in [0.3, 0.4) is 0 Å². The molecule has 0 bridgehead atoms. The molecule has 0 spiro atoms. The number of carbonyl (C=O) groups excluding carboxylic acids is 1. The number of hydrogen-bond acceptors (Lipinski definition) is 2. The fraction of sp³-hybridized carbons (Fsp3) is 0.200. The molecule has 0 radical (unpaired) electrons. The number of hydrogen-bond donors (Lipinski definition) is 1. The maximum Gasteiger partial charge on any atom is 0.303 e. The number of aryl methyl sites for hydroxylation is 2. The Hall–Kier alpha value is -2.59. The van der Waals surface area contributed by atoms with Crippen LogP contribution in [0.2, 0.25) is 5.02 Å². The first-order valence-electron chi connectivity index (χ1n) is 8.01. The van der Waals surface area contributed by atoms with Crippen molar-refractivity contribution in [2.75, 3.05) is 0 Å². The monoisotopic (exact) mass is 355 g/mol. The van der Waals surface area contributed by atoms with Gasteiger partial charge in [0.15, 0.2) is 0 Å². The van der Waals surface area contributed by atoms with Gasteiger partial charge < -0.3 is 5.11 Å². The van der Waals surface area contributed by atoms with Gasteiger partial charge in [-0.15, -0.1) is 0 Å². The summed E-state index contributed by atoms with van der Waals surface area (Å²) in [6.45, 7) is 3.93. The predicted molar refractivity (Wildman–Crippen MR) is 98.5 cm³/mol. The molecule has 0 saturated carbocycles. The number of aromatic nitrogens is 1. The third-order valence-electron chi connectivity index (χ3n) is 4.37. The van der Waals surface area contributed by atoms with Crippen LogP contribution in [0.25, 0.3) is 10.9 Å². The molecule has 1 aromatic heterocycles. The lowest BCUT2D eigenvalue weighted by Gasteiger charge is -2.10. The summed E-state index contributed by atoms with van der Waals surface area (Å²) in [7, 11) is 0. The molecule has 5 heteroatoms. The first-order valence-corrected chi connectivity index (χ1v) is 8.39. The standard InChI is InChI=1S/C20H18ClNO3/c1-12-3-8-18-16(11-12)13(2)17(9-10-19(23)24)22(18)20(25)14-4-6-15(21)7-5-14/h3-8,11H,9-10H2,1-2H3,(H,23,24). The van der Waals surface area contributed by atoms with Gasteiger partial charge in [-0.2, -0.15) is 0 Å². The lowest BCUT2D eigenvalue weighted by atomic mass is 10.1. The first kappa shape index (κ1) is 17.2. The van der Waals surface area contributed by atoms with E-state index < -0.39 is 5.97 Å². The van der Waals surface area contributed by atoms with Crippen LogP contribution in [0.15, 0.2) is 42.5 Å². The fourth-order valence-electron chi connectivity index (χ4n) is 3.09. The largest absolute Gasteiger partial charge is 0.481 e. The number of rotatable bonds is 4. The van der Waals surface area contributed by atoms with Gasteiger partial charge in [-0.05, 0) is 62.2 Å². The molecule has 1 heterocycles. The molecule has 3 aromatic rings. The summed E-state index contributed by atoms with van der Waals surface area (Å²) >= 11 is 5.91. The number of carboxylic acid groups (broad SMARTS) is 1. The summed E-state index contributed by atoms with van der Waals surface area (Å²) in [4.78, 5) is 24.1. The molecule has 1 N–H and O–H groups in total. The van der Waals surface area contributed by atoms with E-state index in [0.717, 1.165) is 27.7 Å². The summed E-state index contributed by atoms with van der Waals surface area (Å²) in [6.07, 6.45) is 0.276. The van der Waals surface area contributed by atoms with Gasteiger partial charge in [0.1, 0.15) is 0 Å². The second kappa shape index (κ2) is 6.73. The molecule has 0 fully saturated rings. The molecule has 0 amide bonds. The van der Waals surface area contributed by atoms with E-state index in [1.165, 1.54) is 0 Å². The molecule has 2 aromatic carbocycles. The number of benzene rings is 2. The number of aliphatic carboxylic acids is 1. The van der Waals surface area contributed by atoms with Gasteiger partial charge >= 0.3 is 5.97 Å². The first-order chi connectivity index (χ1) is 11.9. The van der Waals surface area contributed by atoms with Crippen LogP contribution >= 0.6 is 11.6 Å². The quantitative estimate of drug-likeness (QED) is 0.743. The normalized spacial score (nSPS) is 11.0. The van der Waals surface area contributed by atoms with Crippen molar-refractivity contribution in [3.8, 4) is 0 Å². The van der Waals surface area contributed by atoms with E-state index in [0.29, 0.717) is 17.0 Å². The zero-order valence-corrected chi connectivity index (χ0v) is 14.8. The molecule has 0 aliphatic carbocycles. The topological polar surface area (TPSA) is 59.3 Å². The summed E-state index contributed by atoms with van der Waals surface area (Å²) in [6, 6.07) is 12.6. The third-order valence-corrected chi connectivity index (χ3v) is 4.62. The molecule has 128 valence electrons. The van der Waals surface area contributed by atoms with Gasteiger partial charge in [0.05, 0.1) is 11.9 Å². The van der Waals surface area contributed by atoms with Gasteiger partial charge in [0.25, 0.3) is 5.91 Å². The minimum Gasteiger partial charge on any atom is -0.481 e. The molecule has 0 unspecified atom stereocenters. The average Bonchev–Trinajstić information content (AvgIpc) is 2.85. The Balaban J connectivity index is 2.20. The maximum absolute atomic E-state index is 13.1. The van der Waals surface area contributed by atoms with Crippen LogP contribution < -0.4 is 0 Å². The van der Waals surface area contributed by atoms with Crippen LogP contribution in [0.4, 0.5) is 0 Å². The molecule has 4 nitrogen and oxygen atoms in total. The van der Waals surface area contributed by atoms with Crippen LogP contribution in [-0.4, -0.2) is 21.6 Å². The van der Waals surface area contributed by atoms with Crippen molar-refractivity contribution in [3.05, 3.63) is 69.9 Å². The highest BCUT2D eigenvalue weighted by atomic mass is 35.5. The average molecular weight is 356 g/mol. The van der Waals surface area contributed by atoms with E-state index in [-0.39, 0.29) is 12.3 Å². The zero-order chi connectivity index (χ0) is 18.1. The van der Waals surface area contributed by atoms with E-state index in [2.05, 4.69) is 0 Å². The Labute approximate surface area is 150 Å². The van der Waals surface area contributed by atoms with E-state index in [1.54, 1.807) is 28.8 Å². The second-order valence-corrected chi connectivity index (χ2v) is 6.57. The molecule has 25 heavy (non-hydrogen) atoms. The summed E-state index contributed by atoms with van der Waals surface area (Å²) < 4.78 is 1.64. The third kappa shape index (κ3) is 3.30. The van der Waals surface area contributed by atoms with E-state index >= 15 is 0 Å². The van der Waals surface area contributed by atoms with Gasteiger partial charge in [-0.25, -0.2) is 0 Å². The van der Waals surface area contributed by atoms with Crippen molar-refractivity contribution in [2.24, 2.45) is 0 Å². The Morgan fingerprint density at radius 2 is 1.76 bits per heavy atom.